The van der Waals surface area contributed by atoms with Crippen LogP contribution in [0.25, 0.3) is 5.76 Å². The number of hydrogen-bond acceptors (Lipinski definition) is 2. The summed E-state index contributed by atoms with van der Waals surface area (Å²) in [5.74, 6) is 0.610. The molecule has 1 aliphatic carbocycles. The van der Waals surface area contributed by atoms with E-state index < -0.39 is 0 Å². The van der Waals surface area contributed by atoms with E-state index in [1.807, 2.05) is 77.6 Å². The summed E-state index contributed by atoms with van der Waals surface area (Å²) in [5, 5.41) is 2.96. The molecule has 0 aromatic heterocycles. The van der Waals surface area contributed by atoms with Crippen molar-refractivity contribution in [1.82, 2.24) is 5.32 Å². The Morgan fingerprint density at radius 2 is 1.81 bits per heavy atom. The van der Waals surface area contributed by atoms with Crippen LogP contribution in [0, 0.1) is 0 Å². The molecule has 0 spiro atoms. The fraction of sp³-hybridized carbons (Fsp3) is 0.118. The minimum absolute atomic E-state index is 0.0679. The van der Waals surface area contributed by atoms with Crippen LogP contribution in [0.1, 0.15) is 16.7 Å². The number of amides is 1. The van der Waals surface area contributed by atoms with Crippen LogP contribution >= 0.6 is 23.0 Å². The van der Waals surface area contributed by atoms with Crippen molar-refractivity contribution in [2.75, 3.05) is 0 Å². The highest BCUT2D eigenvalue weighted by molar-refractivity contribution is 14.1. The SMILES string of the molecule is O=C(NCc1ccccc1)C1=C(OI)c2ccccc2C1. The molecule has 0 fully saturated rings. The highest BCUT2D eigenvalue weighted by Crippen LogP contribution is 2.34. The van der Waals surface area contributed by atoms with Crippen LogP contribution < -0.4 is 5.32 Å². The molecule has 0 heterocycles. The lowest BCUT2D eigenvalue weighted by atomic mass is 10.1. The lowest BCUT2D eigenvalue weighted by Crippen LogP contribution is -2.25. The van der Waals surface area contributed by atoms with Crippen LogP contribution in [0.15, 0.2) is 60.2 Å². The maximum absolute atomic E-state index is 12.4. The number of nitrogens with one attached hydrogen (secondary N) is 1. The van der Waals surface area contributed by atoms with Gasteiger partial charge in [0, 0.05) is 18.5 Å². The largest absolute Gasteiger partial charge is 0.427 e. The summed E-state index contributed by atoms with van der Waals surface area (Å²) in [5.41, 5.74) is 3.92. The molecule has 1 amide bonds. The average Bonchev–Trinajstić information content (AvgIpc) is 2.92. The van der Waals surface area contributed by atoms with Crippen molar-refractivity contribution >= 4 is 34.7 Å². The summed E-state index contributed by atoms with van der Waals surface area (Å²) in [6.45, 7) is 0.522. The van der Waals surface area contributed by atoms with Gasteiger partial charge in [-0.2, -0.15) is 0 Å². The first kappa shape index (κ1) is 14.1. The number of carbonyl (C=O) groups excluding carboxylic acids is 1. The first-order valence-corrected chi connectivity index (χ1v) is 7.60. The second-order valence-corrected chi connectivity index (χ2v) is 5.33. The molecule has 1 aliphatic rings. The summed E-state index contributed by atoms with van der Waals surface area (Å²) in [6.07, 6.45) is 0.620. The first-order chi connectivity index (χ1) is 10.3. The maximum Gasteiger partial charge on any atom is 0.251 e. The molecule has 0 aliphatic heterocycles. The van der Waals surface area contributed by atoms with Crippen molar-refractivity contribution < 1.29 is 7.86 Å². The quantitative estimate of drug-likeness (QED) is 0.809. The third-order valence-electron chi connectivity index (χ3n) is 3.55. The Morgan fingerprint density at radius 3 is 2.57 bits per heavy atom. The van der Waals surface area contributed by atoms with E-state index in [2.05, 4.69) is 5.32 Å². The third kappa shape index (κ3) is 2.95. The van der Waals surface area contributed by atoms with Gasteiger partial charge in [0.15, 0.2) is 23.0 Å². The highest BCUT2D eigenvalue weighted by Gasteiger charge is 2.27. The number of carbonyl (C=O) groups is 1. The predicted octanol–water partition coefficient (Wildman–Crippen LogP) is 3.64. The van der Waals surface area contributed by atoms with E-state index in [0.29, 0.717) is 24.3 Å². The van der Waals surface area contributed by atoms with Gasteiger partial charge in [-0.3, -0.25) is 4.79 Å². The summed E-state index contributed by atoms with van der Waals surface area (Å²) in [7, 11) is 0. The van der Waals surface area contributed by atoms with Gasteiger partial charge in [-0.05, 0) is 11.1 Å². The molecule has 0 atom stereocenters. The molecular formula is C17H14INO2. The van der Waals surface area contributed by atoms with E-state index in [1.54, 1.807) is 0 Å². The van der Waals surface area contributed by atoms with Gasteiger partial charge in [0.2, 0.25) is 0 Å². The number of halogens is 1. The van der Waals surface area contributed by atoms with Crippen LogP contribution in [0.2, 0.25) is 0 Å². The second-order valence-electron chi connectivity index (χ2n) is 4.89. The Hall–Kier alpha value is -1.82. The van der Waals surface area contributed by atoms with Gasteiger partial charge in [-0.15, -0.1) is 0 Å². The zero-order valence-corrected chi connectivity index (χ0v) is 13.5. The van der Waals surface area contributed by atoms with E-state index in [9.17, 15) is 4.79 Å². The van der Waals surface area contributed by atoms with E-state index >= 15 is 0 Å². The zero-order valence-electron chi connectivity index (χ0n) is 11.3. The number of benzene rings is 2. The van der Waals surface area contributed by atoms with Gasteiger partial charge in [0.1, 0.15) is 5.76 Å². The number of hydrogen-bond donors (Lipinski definition) is 1. The van der Waals surface area contributed by atoms with Gasteiger partial charge in [-0.25, -0.2) is 0 Å². The second kappa shape index (κ2) is 6.30. The van der Waals surface area contributed by atoms with E-state index in [0.717, 1.165) is 16.7 Å². The Morgan fingerprint density at radius 1 is 1.10 bits per heavy atom. The molecule has 4 heteroatoms. The molecule has 0 unspecified atom stereocenters. The molecule has 3 rings (SSSR count). The van der Waals surface area contributed by atoms with E-state index in [4.69, 9.17) is 3.07 Å². The van der Waals surface area contributed by atoms with E-state index in [-0.39, 0.29) is 5.91 Å². The normalized spacial score (nSPS) is 13.0. The standard InChI is InChI=1S/C17H14INO2/c18-21-16-14-9-5-4-8-13(14)10-15(16)17(20)19-11-12-6-2-1-3-7-12/h1-9H,10-11H2,(H,19,20). The Balaban J connectivity index is 1.76. The fourth-order valence-electron chi connectivity index (χ4n) is 2.49. The van der Waals surface area contributed by atoms with Gasteiger partial charge >= 0.3 is 0 Å². The summed E-state index contributed by atoms with van der Waals surface area (Å²) in [6, 6.07) is 17.8. The van der Waals surface area contributed by atoms with Gasteiger partial charge in [0.25, 0.3) is 5.91 Å². The Labute approximate surface area is 137 Å². The minimum Gasteiger partial charge on any atom is -0.427 e. The molecular weight excluding hydrogens is 377 g/mol. The van der Waals surface area contributed by atoms with E-state index in [1.165, 1.54) is 0 Å². The molecule has 0 saturated carbocycles. The average molecular weight is 391 g/mol. The zero-order chi connectivity index (χ0) is 14.7. The smallest absolute Gasteiger partial charge is 0.251 e. The van der Waals surface area contributed by atoms with Crippen molar-refractivity contribution in [2.45, 2.75) is 13.0 Å². The number of rotatable bonds is 4. The van der Waals surface area contributed by atoms with Crippen LogP contribution in [-0.4, -0.2) is 5.91 Å². The van der Waals surface area contributed by atoms with Crippen molar-refractivity contribution in [2.24, 2.45) is 0 Å². The van der Waals surface area contributed by atoms with Crippen molar-refractivity contribution in [3.05, 3.63) is 76.9 Å². The van der Waals surface area contributed by atoms with Crippen molar-refractivity contribution in [3.8, 4) is 0 Å². The molecule has 0 bridgehead atoms. The van der Waals surface area contributed by atoms with Crippen molar-refractivity contribution in [3.63, 3.8) is 0 Å². The Kier molecular flexibility index (Phi) is 4.24. The minimum atomic E-state index is -0.0679. The topological polar surface area (TPSA) is 38.3 Å². The Bertz CT molecular complexity index is 695. The van der Waals surface area contributed by atoms with Gasteiger partial charge in [-0.1, -0.05) is 54.6 Å². The predicted molar refractivity (Wildman–Crippen MR) is 90.5 cm³/mol. The summed E-state index contributed by atoms with van der Waals surface area (Å²) >= 11 is 1.84. The lowest BCUT2D eigenvalue weighted by Gasteiger charge is -2.07. The van der Waals surface area contributed by atoms with Gasteiger partial charge in [0.05, 0.1) is 5.57 Å². The van der Waals surface area contributed by atoms with Gasteiger partial charge < -0.3 is 8.38 Å². The van der Waals surface area contributed by atoms with Crippen molar-refractivity contribution in [1.29, 1.82) is 0 Å². The first-order valence-electron chi connectivity index (χ1n) is 6.71. The molecule has 2 aromatic rings. The van der Waals surface area contributed by atoms with Crippen LogP contribution in [0.4, 0.5) is 0 Å². The third-order valence-corrected chi connectivity index (χ3v) is 3.99. The number of fused-ring (bicyclic) bond motifs is 1. The summed E-state index contributed by atoms with van der Waals surface area (Å²) in [4.78, 5) is 12.4. The highest BCUT2D eigenvalue weighted by atomic mass is 127. The summed E-state index contributed by atoms with van der Waals surface area (Å²) < 4.78 is 5.41. The molecule has 106 valence electrons. The van der Waals surface area contributed by atoms with Crippen LogP contribution in [0.5, 0.6) is 0 Å². The molecule has 2 aromatic carbocycles. The monoisotopic (exact) mass is 391 g/mol. The lowest BCUT2D eigenvalue weighted by molar-refractivity contribution is -0.117. The maximum atomic E-state index is 12.4. The molecule has 0 saturated heterocycles. The molecule has 3 nitrogen and oxygen atoms in total. The van der Waals surface area contributed by atoms with Crippen LogP contribution in [-0.2, 0) is 20.8 Å². The molecule has 1 N–H and O–H groups in total. The molecule has 0 radical (unpaired) electrons. The van der Waals surface area contributed by atoms with Crippen LogP contribution in [0.3, 0.4) is 0 Å². The molecule has 21 heavy (non-hydrogen) atoms. The fourth-order valence-corrected chi connectivity index (χ4v) is 2.99.